The van der Waals surface area contributed by atoms with Crippen LogP contribution < -0.4 is 9.47 Å². The van der Waals surface area contributed by atoms with Crippen LogP contribution in [0.1, 0.15) is 36.6 Å². The summed E-state index contributed by atoms with van der Waals surface area (Å²) in [5, 5.41) is 9.36. The number of rotatable bonds is 5. The van der Waals surface area contributed by atoms with Gasteiger partial charge in [0.2, 0.25) is 5.88 Å². The monoisotopic (exact) mass is 287 g/mol. The molecule has 0 amide bonds. The molecule has 0 saturated heterocycles. The average Bonchev–Trinajstić information content (AvgIpc) is 2.48. The van der Waals surface area contributed by atoms with E-state index in [9.17, 15) is 5.11 Å². The molecule has 2 aromatic rings. The number of benzene rings is 1. The zero-order chi connectivity index (χ0) is 15.4. The summed E-state index contributed by atoms with van der Waals surface area (Å²) in [6.07, 6.45) is 0. The molecule has 21 heavy (non-hydrogen) atoms. The lowest BCUT2D eigenvalue weighted by molar-refractivity contribution is 0.280. The van der Waals surface area contributed by atoms with E-state index in [0.717, 1.165) is 16.8 Å². The fourth-order valence-electron chi connectivity index (χ4n) is 1.99. The van der Waals surface area contributed by atoms with Gasteiger partial charge < -0.3 is 14.6 Å². The standard InChI is InChI=1S/C17H21NO3/c1-11(2)14-8-13(10-19)9-17(18-14)21-15-6-5-12(3)7-16(15)20-4/h5-9,11,19H,10H2,1-4H3. The second-order valence-electron chi connectivity index (χ2n) is 5.31. The highest BCUT2D eigenvalue weighted by Crippen LogP contribution is 2.32. The minimum Gasteiger partial charge on any atom is -0.493 e. The Morgan fingerprint density at radius 3 is 2.52 bits per heavy atom. The van der Waals surface area contributed by atoms with E-state index in [1.54, 1.807) is 13.2 Å². The Morgan fingerprint density at radius 1 is 1.14 bits per heavy atom. The molecule has 1 N–H and O–H groups in total. The van der Waals surface area contributed by atoms with Gasteiger partial charge in [-0.15, -0.1) is 0 Å². The fraction of sp³-hybridized carbons (Fsp3) is 0.353. The number of aliphatic hydroxyl groups is 1. The molecule has 4 heteroatoms. The Labute approximate surface area is 125 Å². The van der Waals surface area contributed by atoms with E-state index in [2.05, 4.69) is 18.8 Å². The number of aliphatic hydroxyl groups excluding tert-OH is 1. The summed E-state index contributed by atoms with van der Waals surface area (Å²) < 4.78 is 11.2. The van der Waals surface area contributed by atoms with Crippen molar-refractivity contribution < 1.29 is 14.6 Å². The van der Waals surface area contributed by atoms with Gasteiger partial charge in [-0.2, -0.15) is 0 Å². The lowest BCUT2D eigenvalue weighted by Gasteiger charge is -2.13. The molecule has 1 aromatic carbocycles. The van der Waals surface area contributed by atoms with Gasteiger partial charge >= 0.3 is 0 Å². The molecule has 0 unspecified atom stereocenters. The molecule has 0 radical (unpaired) electrons. The molecule has 0 atom stereocenters. The van der Waals surface area contributed by atoms with Crippen molar-refractivity contribution in [2.45, 2.75) is 33.3 Å². The minimum absolute atomic E-state index is 0.0381. The van der Waals surface area contributed by atoms with Gasteiger partial charge in [0.25, 0.3) is 0 Å². The molecule has 112 valence electrons. The maximum atomic E-state index is 9.36. The van der Waals surface area contributed by atoms with Crippen LogP contribution in [-0.4, -0.2) is 17.2 Å². The number of hydrogen-bond acceptors (Lipinski definition) is 4. The average molecular weight is 287 g/mol. The van der Waals surface area contributed by atoms with E-state index in [-0.39, 0.29) is 12.5 Å². The maximum Gasteiger partial charge on any atom is 0.220 e. The van der Waals surface area contributed by atoms with Crippen molar-refractivity contribution in [2.75, 3.05) is 7.11 Å². The molecule has 1 aromatic heterocycles. The number of hydrogen-bond donors (Lipinski definition) is 1. The molecular weight excluding hydrogens is 266 g/mol. The van der Waals surface area contributed by atoms with E-state index >= 15 is 0 Å². The Kier molecular flexibility index (Phi) is 4.81. The summed E-state index contributed by atoms with van der Waals surface area (Å²) in [5.41, 5.74) is 2.77. The van der Waals surface area contributed by atoms with Gasteiger partial charge in [0, 0.05) is 11.8 Å². The van der Waals surface area contributed by atoms with Crippen LogP contribution in [0, 0.1) is 6.92 Å². The molecular formula is C17H21NO3. The summed E-state index contributed by atoms with van der Waals surface area (Å²) >= 11 is 0. The van der Waals surface area contributed by atoms with Crippen molar-refractivity contribution in [3.8, 4) is 17.4 Å². The topological polar surface area (TPSA) is 51.6 Å². The van der Waals surface area contributed by atoms with Crippen molar-refractivity contribution in [3.05, 3.63) is 47.2 Å². The molecule has 4 nitrogen and oxygen atoms in total. The zero-order valence-electron chi connectivity index (χ0n) is 12.9. The predicted octanol–water partition coefficient (Wildman–Crippen LogP) is 3.81. The number of nitrogens with zero attached hydrogens (tertiary/aromatic N) is 1. The van der Waals surface area contributed by atoms with Gasteiger partial charge in [0.15, 0.2) is 11.5 Å². The molecule has 0 bridgehead atoms. The van der Waals surface area contributed by atoms with Crippen molar-refractivity contribution in [1.82, 2.24) is 4.98 Å². The van der Waals surface area contributed by atoms with Gasteiger partial charge in [-0.25, -0.2) is 4.98 Å². The normalized spacial score (nSPS) is 10.8. The van der Waals surface area contributed by atoms with Gasteiger partial charge in [-0.3, -0.25) is 0 Å². The largest absolute Gasteiger partial charge is 0.493 e. The van der Waals surface area contributed by atoms with Crippen molar-refractivity contribution >= 4 is 0 Å². The lowest BCUT2D eigenvalue weighted by Crippen LogP contribution is -1.99. The van der Waals surface area contributed by atoms with Crippen LogP contribution in [-0.2, 0) is 6.61 Å². The third-order valence-electron chi connectivity index (χ3n) is 3.19. The summed E-state index contributed by atoms with van der Waals surface area (Å²) in [4.78, 5) is 4.49. The SMILES string of the molecule is COc1cc(C)ccc1Oc1cc(CO)cc(C(C)C)n1. The fourth-order valence-corrected chi connectivity index (χ4v) is 1.99. The van der Waals surface area contributed by atoms with Crippen LogP contribution in [0.2, 0.25) is 0 Å². The van der Waals surface area contributed by atoms with E-state index in [1.165, 1.54) is 0 Å². The first kappa shape index (κ1) is 15.3. The molecule has 0 aliphatic carbocycles. The number of ether oxygens (including phenoxy) is 2. The highest BCUT2D eigenvalue weighted by Gasteiger charge is 2.10. The first-order valence-corrected chi connectivity index (χ1v) is 6.97. The van der Waals surface area contributed by atoms with Gasteiger partial charge in [0.1, 0.15) is 0 Å². The maximum absolute atomic E-state index is 9.36. The zero-order valence-corrected chi connectivity index (χ0v) is 12.9. The summed E-state index contributed by atoms with van der Waals surface area (Å²) in [6, 6.07) is 9.36. The summed E-state index contributed by atoms with van der Waals surface area (Å²) in [7, 11) is 1.61. The Bertz CT molecular complexity index is 623. The molecule has 0 aliphatic heterocycles. The Morgan fingerprint density at radius 2 is 1.90 bits per heavy atom. The number of methoxy groups -OCH3 is 1. The van der Waals surface area contributed by atoms with E-state index in [4.69, 9.17) is 9.47 Å². The highest BCUT2D eigenvalue weighted by atomic mass is 16.5. The first-order valence-electron chi connectivity index (χ1n) is 6.97. The predicted molar refractivity (Wildman–Crippen MR) is 82.1 cm³/mol. The second kappa shape index (κ2) is 6.59. The smallest absolute Gasteiger partial charge is 0.220 e. The molecule has 0 saturated carbocycles. The van der Waals surface area contributed by atoms with Gasteiger partial charge in [-0.1, -0.05) is 19.9 Å². The van der Waals surface area contributed by atoms with E-state index in [0.29, 0.717) is 17.4 Å². The number of aromatic nitrogens is 1. The van der Waals surface area contributed by atoms with Crippen LogP contribution in [0.4, 0.5) is 0 Å². The van der Waals surface area contributed by atoms with Crippen LogP contribution in [0.5, 0.6) is 17.4 Å². The van der Waals surface area contributed by atoms with Crippen molar-refractivity contribution in [1.29, 1.82) is 0 Å². The highest BCUT2D eigenvalue weighted by molar-refractivity contribution is 5.44. The van der Waals surface area contributed by atoms with Crippen LogP contribution >= 0.6 is 0 Å². The van der Waals surface area contributed by atoms with Crippen LogP contribution in [0.3, 0.4) is 0 Å². The Hall–Kier alpha value is -2.07. The molecule has 0 spiro atoms. The molecule has 0 fully saturated rings. The quantitative estimate of drug-likeness (QED) is 0.908. The molecule has 0 aliphatic rings. The van der Waals surface area contributed by atoms with E-state index < -0.39 is 0 Å². The minimum atomic E-state index is -0.0381. The van der Waals surface area contributed by atoms with Crippen molar-refractivity contribution in [3.63, 3.8) is 0 Å². The van der Waals surface area contributed by atoms with Gasteiger partial charge in [-0.05, 0) is 42.2 Å². The first-order chi connectivity index (χ1) is 10.0. The number of aryl methyl sites for hydroxylation is 1. The van der Waals surface area contributed by atoms with Crippen LogP contribution in [0.15, 0.2) is 30.3 Å². The van der Waals surface area contributed by atoms with Gasteiger partial charge in [0.05, 0.1) is 13.7 Å². The van der Waals surface area contributed by atoms with Crippen LogP contribution in [0.25, 0.3) is 0 Å². The lowest BCUT2D eigenvalue weighted by atomic mass is 10.1. The third-order valence-corrected chi connectivity index (χ3v) is 3.19. The van der Waals surface area contributed by atoms with Crippen molar-refractivity contribution in [2.24, 2.45) is 0 Å². The molecule has 1 heterocycles. The second-order valence-corrected chi connectivity index (χ2v) is 5.31. The Balaban J connectivity index is 2.37. The summed E-state index contributed by atoms with van der Waals surface area (Å²) in [6.45, 7) is 6.07. The number of pyridine rings is 1. The summed E-state index contributed by atoms with van der Waals surface area (Å²) in [5.74, 6) is 2.00. The third kappa shape index (κ3) is 3.73. The van der Waals surface area contributed by atoms with E-state index in [1.807, 2.05) is 31.2 Å². The molecule has 2 rings (SSSR count).